The number of aromatic nitrogens is 2. The van der Waals surface area contributed by atoms with Gasteiger partial charge in [0.1, 0.15) is 11.4 Å². The van der Waals surface area contributed by atoms with Crippen LogP contribution in [0, 0.1) is 0 Å². The molecule has 0 unspecified atom stereocenters. The second kappa shape index (κ2) is 4.22. The Hall–Kier alpha value is -1.04. The number of rotatable bonds is 2. The summed E-state index contributed by atoms with van der Waals surface area (Å²) in [4.78, 5) is 6.81. The van der Waals surface area contributed by atoms with Gasteiger partial charge in [0.25, 0.3) is 0 Å². The van der Waals surface area contributed by atoms with Crippen molar-refractivity contribution in [1.29, 1.82) is 0 Å². The normalized spacial score (nSPS) is 11.9. The first-order valence-electron chi connectivity index (χ1n) is 4.17. The Labute approximate surface area is 89.7 Å². The van der Waals surface area contributed by atoms with E-state index in [4.69, 9.17) is 11.6 Å². The fourth-order valence-corrected chi connectivity index (χ4v) is 1.08. The topological polar surface area (TPSA) is 37.8 Å². The fraction of sp³-hybridized carbons (Fsp3) is 0.500. The molecule has 1 aromatic heterocycles. The van der Waals surface area contributed by atoms with Crippen LogP contribution in [-0.2, 0) is 6.18 Å². The van der Waals surface area contributed by atoms with E-state index in [1.165, 1.54) is 0 Å². The molecule has 3 nitrogen and oxygen atoms in total. The Morgan fingerprint density at radius 2 is 2.00 bits per heavy atom. The van der Waals surface area contributed by atoms with Gasteiger partial charge >= 0.3 is 6.18 Å². The van der Waals surface area contributed by atoms with Gasteiger partial charge in [-0.1, -0.05) is 0 Å². The zero-order valence-corrected chi connectivity index (χ0v) is 8.82. The molecule has 0 saturated carbocycles. The Balaban J connectivity index is 3.15. The van der Waals surface area contributed by atoms with Gasteiger partial charge in [0, 0.05) is 12.2 Å². The molecule has 0 aromatic carbocycles. The van der Waals surface area contributed by atoms with Gasteiger partial charge < -0.3 is 5.32 Å². The van der Waals surface area contributed by atoms with Crippen molar-refractivity contribution in [3.8, 4) is 0 Å². The number of hydrogen-bond acceptors (Lipinski definition) is 3. The number of anilines is 1. The highest BCUT2D eigenvalue weighted by Crippen LogP contribution is 2.33. The monoisotopic (exact) mass is 239 g/mol. The highest BCUT2D eigenvalue weighted by atomic mass is 35.5. The van der Waals surface area contributed by atoms with Gasteiger partial charge in [-0.3, -0.25) is 0 Å². The van der Waals surface area contributed by atoms with E-state index in [1.807, 2.05) is 0 Å². The van der Waals surface area contributed by atoms with Gasteiger partial charge in [-0.15, -0.1) is 0 Å². The molecular weight excluding hydrogens is 231 g/mol. The van der Waals surface area contributed by atoms with Gasteiger partial charge in [0.05, 0.1) is 0 Å². The zero-order valence-electron chi connectivity index (χ0n) is 8.06. The molecule has 84 valence electrons. The summed E-state index contributed by atoms with van der Waals surface area (Å²) in [6.07, 6.45) is -3.82. The Bertz CT molecular complexity index is 351. The standard InChI is InChI=1S/C8H9ClF3N3/c1-4(2)14-6-5(8(10,11)12)3-13-7(9)15-6/h3-4H,1-2H3,(H,13,14,15). The van der Waals surface area contributed by atoms with Crippen molar-refractivity contribution in [2.24, 2.45) is 0 Å². The number of nitrogens with one attached hydrogen (secondary N) is 1. The highest BCUT2D eigenvalue weighted by molar-refractivity contribution is 6.28. The van der Waals surface area contributed by atoms with Crippen molar-refractivity contribution in [3.63, 3.8) is 0 Å². The van der Waals surface area contributed by atoms with Crippen LogP contribution < -0.4 is 5.32 Å². The summed E-state index contributed by atoms with van der Waals surface area (Å²) in [5.41, 5.74) is -0.916. The quantitative estimate of drug-likeness (QED) is 0.807. The number of alkyl halides is 3. The van der Waals surface area contributed by atoms with Crippen LogP contribution in [0.4, 0.5) is 19.0 Å². The lowest BCUT2D eigenvalue weighted by Gasteiger charge is -2.14. The highest BCUT2D eigenvalue weighted by Gasteiger charge is 2.35. The summed E-state index contributed by atoms with van der Waals surface area (Å²) in [7, 11) is 0. The van der Waals surface area contributed by atoms with Gasteiger partial charge in [-0.05, 0) is 25.4 Å². The van der Waals surface area contributed by atoms with Crippen LogP contribution >= 0.6 is 11.6 Å². The van der Waals surface area contributed by atoms with Crippen LogP contribution in [0.5, 0.6) is 0 Å². The maximum Gasteiger partial charge on any atom is 0.421 e. The van der Waals surface area contributed by atoms with Crippen molar-refractivity contribution in [3.05, 3.63) is 17.0 Å². The van der Waals surface area contributed by atoms with Crippen LogP contribution in [0.2, 0.25) is 5.28 Å². The molecule has 0 saturated heterocycles. The van der Waals surface area contributed by atoms with Crippen LogP contribution in [-0.4, -0.2) is 16.0 Å². The molecule has 0 spiro atoms. The SMILES string of the molecule is CC(C)Nc1nc(Cl)ncc1C(F)(F)F. The Morgan fingerprint density at radius 3 is 2.47 bits per heavy atom. The maximum atomic E-state index is 12.5. The lowest BCUT2D eigenvalue weighted by molar-refractivity contribution is -0.137. The van der Waals surface area contributed by atoms with Crippen LogP contribution in [0.3, 0.4) is 0 Å². The van der Waals surface area contributed by atoms with Gasteiger partial charge in [-0.2, -0.15) is 13.2 Å². The van der Waals surface area contributed by atoms with E-state index in [2.05, 4.69) is 15.3 Å². The molecule has 0 aliphatic carbocycles. The van der Waals surface area contributed by atoms with Crippen molar-refractivity contribution >= 4 is 17.4 Å². The maximum absolute atomic E-state index is 12.5. The Kier molecular flexibility index (Phi) is 3.38. The third-order valence-electron chi connectivity index (χ3n) is 1.49. The second-order valence-corrected chi connectivity index (χ2v) is 3.54. The van der Waals surface area contributed by atoms with Gasteiger partial charge in [0.15, 0.2) is 0 Å². The molecule has 1 rings (SSSR count). The first kappa shape index (κ1) is 12.0. The molecule has 0 radical (unpaired) electrons. The molecule has 0 bridgehead atoms. The van der Waals surface area contributed by atoms with Crippen LogP contribution in [0.15, 0.2) is 6.20 Å². The first-order valence-corrected chi connectivity index (χ1v) is 4.54. The summed E-state index contributed by atoms with van der Waals surface area (Å²) in [6, 6.07) is -0.169. The summed E-state index contributed by atoms with van der Waals surface area (Å²) in [5, 5.41) is 2.35. The fourth-order valence-electron chi connectivity index (χ4n) is 0.951. The number of nitrogens with zero attached hydrogens (tertiary/aromatic N) is 2. The van der Waals surface area contributed by atoms with Crippen molar-refractivity contribution in [2.45, 2.75) is 26.1 Å². The predicted molar refractivity (Wildman–Crippen MR) is 50.8 cm³/mol. The van der Waals surface area contributed by atoms with E-state index >= 15 is 0 Å². The van der Waals surface area contributed by atoms with Gasteiger partial charge in [-0.25, -0.2) is 9.97 Å². The van der Waals surface area contributed by atoms with E-state index in [1.54, 1.807) is 13.8 Å². The molecular formula is C8H9ClF3N3. The number of halogens is 4. The van der Waals surface area contributed by atoms with Crippen molar-refractivity contribution < 1.29 is 13.2 Å². The minimum Gasteiger partial charge on any atom is -0.367 e. The van der Waals surface area contributed by atoms with E-state index < -0.39 is 11.7 Å². The second-order valence-electron chi connectivity index (χ2n) is 3.20. The molecule has 0 aliphatic rings. The summed E-state index contributed by atoms with van der Waals surface area (Å²) < 4.78 is 37.4. The van der Waals surface area contributed by atoms with Crippen molar-refractivity contribution in [1.82, 2.24) is 9.97 Å². The lowest BCUT2D eigenvalue weighted by Crippen LogP contribution is -2.17. The molecule has 7 heteroatoms. The lowest BCUT2D eigenvalue weighted by atomic mass is 10.3. The van der Waals surface area contributed by atoms with Crippen molar-refractivity contribution in [2.75, 3.05) is 5.32 Å². The summed E-state index contributed by atoms with van der Waals surface area (Å²) in [6.45, 7) is 3.41. The molecule has 0 amide bonds. The minimum atomic E-state index is -4.48. The molecule has 1 N–H and O–H groups in total. The predicted octanol–water partition coefficient (Wildman–Crippen LogP) is 2.97. The zero-order chi connectivity index (χ0) is 11.6. The van der Waals surface area contributed by atoms with E-state index in [0.717, 1.165) is 0 Å². The average molecular weight is 240 g/mol. The summed E-state index contributed by atoms with van der Waals surface area (Å²) in [5.74, 6) is -0.294. The third-order valence-corrected chi connectivity index (χ3v) is 1.67. The van der Waals surface area contributed by atoms with Gasteiger partial charge in [0.2, 0.25) is 5.28 Å². The molecule has 0 fully saturated rings. The molecule has 0 aliphatic heterocycles. The van der Waals surface area contributed by atoms with E-state index in [9.17, 15) is 13.2 Å². The molecule has 0 atom stereocenters. The third kappa shape index (κ3) is 3.23. The summed E-state index contributed by atoms with van der Waals surface area (Å²) >= 11 is 5.42. The molecule has 1 heterocycles. The smallest absolute Gasteiger partial charge is 0.367 e. The van der Waals surface area contributed by atoms with E-state index in [0.29, 0.717) is 6.20 Å². The van der Waals surface area contributed by atoms with Crippen LogP contribution in [0.25, 0.3) is 0 Å². The molecule has 15 heavy (non-hydrogen) atoms. The largest absolute Gasteiger partial charge is 0.421 e. The molecule has 1 aromatic rings. The number of hydrogen-bond donors (Lipinski definition) is 1. The van der Waals surface area contributed by atoms with E-state index in [-0.39, 0.29) is 17.1 Å². The Morgan fingerprint density at radius 1 is 1.40 bits per heavy atom. The van der Waals surface area contributed by atoms with Crippen LogP contribution in [0.1, 0.15) is 19.4 Å². The average Bonchev–Trinajstić information content (AvgIpc) is 1.99. The minimum absolute atomic E-state index is 0.169. The first-order chi connectivity index (χ1) is 6.80.